The first kappa shape index (κ1) is 15.0. The minimum Gasteiger partial charge on any atom is -0.481 e. The number of hydrogen-bond acceptors (Lipinski definition) is 2. The molecule has 0 bridgehead atoms. The van der Waals surface area contributed by atoms with E-state index in [0.717, 1.165) is 18.5 Å². The van der Waals surface area contributed by atoms with E-state index in [1.54, 1.807) is 12.1 Å². The van der Waals surface area contributed by atoms with Crippen LogP contribution in [-0.4, -0.2) is 34.6 Å². The molecular formula is C16H22FNO2. The van der Waals surface area contributed by atoms with Crippen molar-refractivity contribution in [2.45, 2.75) is 45.2 Å². The summed E-state index contributed by atoms with van der Waals surface area (Å²) in [6, 6.07) is 7.25. The van der Waals surface area contributed by atoms with Crippen LogP contribution in [0.1, 0.15) is 32.3 Å². The van der Waals surface area contributed by atoms with E-state index in [4.69, 9.17) is 5.11 Å². The number of halogens is 1. The maximum absolute atomic E-state index is 13.2. The van der Waals surface area contributed by atoms with Crippen LogP contribution >= 0.6 is 0 Å². The van der Waals surface area contributed by atoms with Crippen LogP contribution in [0.5, 0.6) is 0 Å². The van der Waals surface area contributed by atoms with Crippen LogP contribution in [0.25, 0.3) is 0 Å². The van der Waals surface area contributed by atoms with Crippen molar-refractivity contribution in [3.8, 4) is 0 Å². The lowest BCUT2D eigenvalue weighted by Crippen LogP contribution is -2.47. The largest absolute Gasteiger partial charge is 0.481 e. The van der Waals surface area contributed by atoms with Crippen LogP contribution in [0.2, 0.25) is 0 Å². The van der Waals surface area contributed by atoms with Crippen LogP contribution < -0.4 is 0 Å². The minimum absolute atomic E-state index is 0.202. The third kappa shape index (κ3) is 3.57. The molecule has 1 aromatic rings. The summed E-state index contributed by atoms with van der Waals surface area (Å²) >= 11 is 0. The monoisotopic (exact) mass is 279 g/mol. The Kier molecular flexibility index (Phi) is 4.76. The maximum atomic E-state index is 13.2. The summed E-state index contributed by atoms with van der Waals surface area (Å²) in [7, 11) is 0. The maximum Gasteiger partial charge on any atom is 0.306 e. The topological polar surface area (TPSA) is 40.5 Å². The number of carbonyl (C=O) groups is 1. The van der Waals surface area contributed by atoms with Crippen molar-refractivity contribution in [2.75, 3.05) is 6.54 Å². The Morgan fingerprint density at radius 1 is 1.55 bits per heavy atom. The molecule has 0 aliphatic carbocycles. The van der Waals surface area contributed by atoms with Gasteiger partial charge in [0.25, 0.3) is 0 Å². The first-order valence-corrected chi connectivity index (χ1v) is 7.20. The van der Waals surface area contributed by atoms with Crippen molar-refractivity contribution in [1.29, 1.82) is 0 Å². The van der Waals surface area contributed by atoms with E-state index < -0.39 is 5.97 Å². The molecule has 2 rings (SSSR count). The van der Waals surface area contributed by atoms with Gasteiger partial charge in [-0.05, 0) is 57.4 Å². The molecule has 1 aliphatic rings. The number of nitrogens with zero attached hydrogens (tertiary/aromatic N) is 1. The second kappa shape index (κ2) is 6.35. The van der Waals surface area contributed by atoms with Crippen LogP contribution in [0.4, 0.5) is 4.39 Å². The molecule has 1 saturated heterocycles. The summed E-state index contributed by atoms with van der Waals surface area (Å²) in [6.45, 7) is 5.01. The zero-order valence-corrected chi connectivity index (χ0v) is 12.1. The SMILES string of the molecule is CC(Cc1cccc(F)c1)N1CCC(C(=O)O)CC1C. The fraction of sp³-hybridized carbons (Fsp3) is 0.562. The van der Waals surface area contributed by atoms with E-state index in [-0.39, 0.29) is 17.8 Å². The Hall–Kier alpha value is -1.42. The van der Waals surface area contributed by atoms with Gasteiger partial charge in [0.2, 0.25) is 0 Å². The van der Waals surface area contributed by atoms with Gasteiger partial charge in [-0.15, -0.1) is 0 Å². The molecule has 0 aromatic heterocycles. The van der Waals surface area contributed by atoms with Gasteiger partial charge in [0.15, 0.2) is 0 Å². The lowest BCUT2D eigenvalue weighted by atomic mass is 9.90. The van der Waals surface area contributed by atoms with Gasteiger partial charge in [0, 0.05) is 12.1 Å². The van der Waals surface area contributed by atoms with Crippen LogP contribution in [0.3, 0.4) is 0 Å². The summed E-state index contributed by atoms with van der Waals surface area (Å²) in [6.07, 6.45) is 2.19. The molecule has 1 N–H and O–H groups in total. The summed E-state index contributed by atoms with van der Waals surface area (Å²) in [5.74, 6) is -1.11. The second-order valence-corrected chi connectivity index (χ2v) is 5.83. The number of hydrogen-bond donors (Lipinski definition) is 1. The number of benzene rings is 1. The quantitative estimate of drug-likeness (QED) is 0.921. The Morgan fingerprint density at radius 2 is 2.30 bits per heavy atom. The summed E-state index contributed by atoms with van der Waals surface area (Å²) in [5.41, 5.74) is 0.991. The van der Waals surface area contributed by atoms with Crippen molar-refractivity contribution in [1.82, 2.24) is 4.90 Å². The Balaban J connectivity index is 1.96. The van der Waals surface area contributed by atoms with Gasteiger partial charge in [-0.2, -0.15) is 0 Å². The Morgan fingerprint density at radius 3 is 2.90 bits per heavy atom. The Labute approximate surface area is 119 Å². The molecule has 3 atom stereocenters. The van der Waals surface area contributed by atoms with E-state index >= 15 is 0 Å². The van der Waals surface area contributed by atoms with Gasteiger partial charge in [-0.3, -0.25) is 9.69 Å². The number of aliphatic carboxylic acids is 1. The molecule has 0 amide bonds. The normalized spacial score (nSPS) is 25.4. The number of likely N-dealkylation sites (tertiary alicyclic amines) is 1. The third-order valence-corrected chi connectivity index (χ3v) is 4.26. The number of piperidine rings is 1. The van der Waals surface area contributed by atoms with Gasteiger partial charge in [0.05, 0.1) is 5.92 Å². The molecule has 1 heterocycles. The number of carboxylic acids is 1. The van der Waals surface area contributed by atoms with Gasteiger partial charge >= 0.3 is 5.97 Å². The van der Waals surface area contributed by atoms with E-state index in [0.29, 0.717) is 18.9 Å². The summed E-state index contributed by atoms with van der Waals surface area (Å²) in [4.78, 5) is 13.4. The average Bonchev–Trinajstić information content (AvgIpc) is 2.38. The summed E-state index contributed by atoms with van der Waals surface area (Å²) < 4.78 is 13.2. The standard InChI is InChI=1S/C16H22FNO2/c1-11(8-13-4-3-5-15(17)10-13)18-7-6-14(16(19)20)9-12(18)2/h3-5,10-12,14H,6-9H2,1-2H3,(H,19,20). The highest BCUT2D eigenvalue weighted by Crippen LogP contribution is 2.25. The van der Waals surface area contributed by atoms with Gasteiger partial charge < -0.3 is 5.11 Å². The molecule has 0 saturated carbocycles. The Bertz CT molecular complexity index is 477. The molecule has 110 valence electrons. The van der Waals surface area contributed by atoms with Crippen molar-refractivity contribution in [2.24, 2.45) is 5.92 Å². The fourth-order valence-corrected chi connectivity index (χ4v) is 3.19. The molecular weight excluding hydrogens is 257 g/mol. The van der Waals surface area contributed by atoms with E-state index in [9.17, 15) is 9.18 Å². The molecule has 3 unspecified atom stereocenters. The highest BCUT2D eigenvalue weighted by Gasteiger charge is 2.31. The van der Waals surface area contributed by atoms with E-state index in [1.165, 1.54) is 6.07 Å². The van der Waals surface area contributed by atoms with Gasteiger partial charge in [0.1, 0.15) is 5.82 Å². The van der Waals surface area contributed by atoms with Crippen molar-refractivity contribution >= 4 is 5.97 Å². The van der Waals surface area contributed by atoms with Crippen molar-refractivity contribution < 1.29 is 14.3 Å². The van der Waals surface area contributed by atoms with Crippen LogP contribution in [-0.2, 0) is 11.2 Å². The molecule has 3 nitrogen and oxygen atoms in total. The lowest BCUT2D eigenvalue weighted by molar-refractivity contribution is -0.144. The van der Waals surface area contributed by atoms with Crippen LogP contribution in [0.15, 0.2) is 24.3 Å². The first-order chi connectivity index (χ1) is 9.47. The second-order valence-electron chi connectivity index (χ2n) is 5.83. The molecule has 1 aromatic carbocycles. The molecule has 20 heavy (non-hydrogen) atoms. The lowest BCUT2D eigenvalue weighted by Gasteiger charge is -2.40. The predicted octanol–water partition coefficient (Wildman–Crippen LogP) is 2.94. The zero-order chi connectivity index (χ0) is 14.7. The molecule has 0 spiro atoms. The highest BCUT2D eigenvalue weighted by atomic mass is 19.1. The smallest absolute Gasteiger partial charge is 0.306 e. The highest BCUT2D eigenvalue weighted by molar-refractivity contribution is 5.70. The number of rotatable bonds is 4. The zero-order valence-electron chi connectivity index (χ0n) is 12.1. The molecule has 1 fully saturated rings. The fourth-order valence-electron chi connectivity index (χ4n) is 3.19. The van der Waals surface area contributed by atoms with Gasteiger partial charge in [-0.25, -0.2) is 4.39 Å². The molecule has 1 aliphatic heterocycles. The minimum atomic E-state index is -0.686. The van der Waals surface area contributed by atoms with E-state index in [1.807, 2.05) is 6.07 Å². The van der Waals surface area contributed by atoms with Gasteiger partial charge in [-0.1, -0.05) is 12.1 Å². The average molecular weight is 279 g/mol. The molecule has 4 heteroatoms. The number of carboxylic acid groups (broad SMARTS) is 1. The summed E-state index contributed by atoms with van der Waals surface area (Å²) in [5, 5.41) is 9.09. The van der Waals surface area contributed by atoms with Crippen molar-refractivity contribution in [3.05, 3.63) is 35.6 Å². The third-order valence-electron chi connectivity index (χ3n) is 4.26. The predicted molar refractivity (Wildman–Crippen MR) is 76.1 cm³/mol. The van der Waals surface area contributed by atoms with Crippen LogP contribution in [0, 0.1) is 11.7 Å². The first-order valence-electron chi connectivity index (χ1n) is 7.20. The molecule has 0 radical (unpaired) electrons. The van der Waals surface area contributed by atoms with E-state index in [2.05, 4.69) is 18.7 Å². The van der Waals surface area contributed by atoms with Crippen molar-refractivity contribution in [3.63, 3.8) is 0 Å².